The fraction of sp³-hybridized carbons (Fsp3) is 0.167. The first-order valence-electron chi connectivity index (χ1n) is 10.1. The Balaban J connectivity index is 0.00000420. The van der Waals surface area contributed by atoms with Crippen molar-refractivity contribution in [3.05, 3.63) is 44.2 Å². The first-order valence-corrected chi connectivity index (χ1v) is 13.7. The molecule has 0 unspecified atom stereocenters. The second-order valence-electron chi connectivity index (χ2n) is 7.37. The number of aromatic nitrogens is 4. The number of halogens is 2. The number of benzene rings is 1. The van der Waals surface area contributed by atoms with Crippen LogP contribution in [0.5, 0.6) is 5.88 Å². The van der Waals surface area contributed by atoms with Gasteiger partial charge in [0.05, 0.1) is 5.69 Å². The molecule has 0 atom stereocenters. The predicted octanol–water partition coefficient (Wildman–Crippen LogP) is -3.87. The van der Waals surface area contributed by atoms with Crippen LogP contribution in [0.4, 0.5) is 23.0 Å². The van der Waals surface area contributed by atoms with Crippen LogP contribution in [0.25, 0.3) is 0 Å². The zero-order valence-corrected chi connectivity index (χ0v) is 28.6. The number of amides is 1. The van der Waals surface area contributed by atoms with Crippen molar-refractivity contribution < 1.29 is 95.0 Å². The summed E-state index contributed by atoms with van der Waals surface area (Å²) in [5.41, 5.74) is 1.77. The van der Waals surface area contributed by atoms with Crippen molar-refractivity contribution in [3.63, 3.8) is 0 Å². The van der Waals surface area contributed by atoms with Gasteiger partial charge >= 0.3 is 59.1 Å². The normalized spacial score (nSPS) is 11.6. The SMILES string of the molecule is CCn1c(O)c(C(N)=O)c(C)c(N=Nc2cc(Nc3nc(Cl)nc(Cl)n3)c(S(=O)(=O)O)cc2S(=O)(=O)O)c1=O.[Na+].[Na+]. The molecule has 208 valence electrons. The fourth-order valence-electron chi connectivity index (χ4n) is 3.26. The smallest absolute Gasteiger partial charge is 0.494 e. The van der Waals surface area contributed by atoms with Gasteiger partial charge in [-0.3, -0.25) is 23.3 Å². The Kier molecular flexibility index (Phi) is 12.9. The molecule has 1 amide bonds. The van der Waals surface area contributed by atoms with Crippen LogP contribution >= 0.6 is 23.2 Å². The van der Waals surface area contributed by atoms with Crippen molar-refractivity contribution in [1.82, 2.24) is 19.5 Å². The molecule has 17 nitrogen and oxygen atoms in total. The van der Waals surface area contributed by atoms with E-state index in [1.165, 1.54) is 13.8 Å². The summed E-state index contributed by atoms with van der Waals surface area (Å²) in [5.74, 6) is -2.29. The molecule has 3 aromatic rings. The van der Waals surface area contributed by atoms with Crippen molar-refractivity contribution >= 4 is 72.4 Å². The topological polar surface area (TPSA) is 269 Å². The Bertz CT molecular complexity index is 1820. The van der Waals surface area contributed by atoms with Crippen LogP contribution in [0, 0.1) is 6.92 Å². The van der Waals surface area contributed by atoms with Crippen molar-refractivity contribution in [2.45, 2.75) is 30.2 Å². The Morgan fingerprint density at radius 3 is 2.02 bits per heavy atom. The van der Waals surface area contributed by atoms with Crippen molar-refractivity contribution in [1.29, 1.82) is 0 Å². The van der Waals surface area contributed by atoms with E-state index in [4.69, 9.17) is 28.9 Å². The average molecular weight is 669 g/mol. The fourth-order valence-corrected chi connectivity index (χ4v) is 4.99. The molecule has 0 aliphatic carbocycles. The molecule has 0 fully saturated rings. The number of carbonyl (C=O) groups excluding carboxylic acids is 1. The summed E-state index contributed by atoms with van der Waals surface area (Å²) in [4.78, 5) is 33.3. The number of nitrogens with zero attached hydrogens (tertiary/aromatic N) is 6. The summed E-state index contributed by atoms with van der Waals surface area (Å²) in [6.07, 6.45) is 0. The van der Waals surface area contributed by atoms with Crippen LogP contribution in [0.15, 0.2) is 36.9 Å². The summed E-state index contributed by atoms with van der Waals surface area (Å²) >= 11 is 11.4. The summed E-state index contributed by atoms with van der Waals surface area (Å²) in [5, 5.41) is 19.1. The minimum Gasteiger partial charge on any atom is -0.494 e. The first-order chi connectivity index (χ1) is 17.9. The minimum absolute atomic E-state index is 0. The molecule has 0 aliphatic rings. The maximum atomic E-state index is 12.8. The number of rotatable bonds is 8. The van der Waals surface area contributed by atoms with Crippen LogP contribution in [0.1, 0.15) is 22.8 Å². The van der Waals surface area contributed by atoms with E-state index in [9.17, 15) is 40.6 Å². The number of pyridine rings is 1. The summed E-state index contributed by atoms with van der Waals surface area (Å²) in [7, 11) is -10.4. The molecule has 2 aromatic heterocycles. The largest absolute Gasteiger partial charge is 1.00 e. The van der Waals surface area contributed by atoms with Crippen LogP contribution in [0.3, 0.4) is 0 Å². The van der Waals surface area contributed by atoms with Crippen LogP contribution in [-0.2, 0) is 26.8 Å². The molecule has 0 aliphatic heterocycles. The molecule has 0 bridgehead atoms. The van der Waals surface area contributed by atoms with E-state index < -0.39 is 86.5 Å². The van der Waals surface area contributed by atoms with E-state index >= 15 is 0 Å². The number of nitrogens with one attached hydrogen (secondary N) is 1. The molecule has 41 heavy (non-hydrogen) atoms. The molecule has 3 rings (SSSR count). The van der Waals surface area contributed by atoms with E-state index in [-0.39, 0.29) is 71.2 Å². The zero-order chi connectivity index (χ0) is 29.4. The second-order valence-corrected chi connectivity index (χ2v) is 10.8. The molecule has 0 radical (unpaired) electrons. The molecule has 1 aromatic carbocycles. The van der Waals surface area contributed by atoms with Crippen LogP contribution in [0.2, 0.25) is 10.6 Å². The molecule has 0 saturated carbocycles. The maximum Gasteiger partial charge on any atom is 1.00 e. The number of primary amides is 1. The van der Waals surface area contributed by atoms with Crippen LogP contribution < -0.4 is 75.7 Å². The summed E-state index contributed by atoms with van der Waals surface area (Å²) < 4.78 is 68.2. The van der Waals surface area contributed by atoms with Crippen LogP contribution in [-0.4, -0.2) is 56.5 Å². The molecular weight excluding hydrogens is 653 g/mol. The van der Waals surface area contributed by atoms with E-state index in [0.29, 0.717) is 12.1 Å². The molecule has 0 saturated heterocycles. The van der Waals surface area contributed by atoms with Gasteiger partial charge in [0.1, 0.15) is 21.0 Å². The maximum absolute atomic E-state index is 12.8. The van der Waals surface area contributed by atoms with E-state index in [1.807, 2.05) is 0 Å². The van der Waals surface area contributed by atoms with Gasteiger partial charge in [0.25, 0.3) is 31.7 Å². The Morgan fingerprint density at radius 1 is 1.02 bits per heavy atom. The molecular formula is C18H16Cl2N8Na2O9S2+2. The van der Waals surface area contributed by atoms with Gasteiger partial charge in [-0.25, -0.2) is 0 Å². The molecule has 23 heteroatoms. The predicted molar refractivity (Wildman–Crippen MR) is 135 cm³/mol. The van der Waals surface area contributed by atoms with E-state index in [2.05, 4.69) is 30.5 Å². The average Bonchev–Trinajstić information content (AvgIpc) is 2.76. The van der Waals surface area contributed by atoms with Gasteiger partial charge in [0, 0.05) is 12.1 Å². The van der Waals surface area contributed by atoms with Gasteiger partial charge in [-0.05, 0) is 49.2 Å². The number of azo groups is 1. The van der Waals surface area contributed by atoms with Crippen molar-refractivity contribution in [2.24, 2.45) is 16.0 Å². The number of hydrogen-bond acceptors (Lipinski definition) is 13. The Labute approximate surface area is 285 Å². The van der Waals surface area contributed by atoms with Gasteiger partial charge in [0.15, 0.2) is 5.69 Å². The monoisotopic (exact) mass is 668 g/mol. The third-order valence-electron chi connectivity index (χ3n) is 4.92. The number of carbonyl (C=O) groups is 1. The molecule has 0 spiro atoms. The third kappa shape index (κ3) is 8.42. The zero-order valence-electron chi connectivity index (χ0n) is 21.5. The van der Waals surface area contributed by atoms with Gasteiger partial charge in [-0.15, -0.1) is 10.2 Å². The standard InChI is InChI=1S/C18H16Cl2N8O9S2.2Na/c1-3-28-14(30)11(13(21)29)6(2)12(15(28)31)27-26-8-4-7(22-18-24-16(19)23-17(20)25-18)9(38(32,33)34)5-10(8)39(35,36)37;;/h4-5,30H,3H2,1-2H3,(H2,21,29)(H,32,33,34)(H,35,36,37)(H,22,23,24,25);;/q;2*+1. The summed E-state index contributed by atoms with van der Waals surface area (Å²) in [6.45, 7) is 2.55. The van der Waals surface area contributed by atoms with Crippen molar-refractivity contribution in [3.8, 4) is 5.88 Å². The Morgan fingerprint density at radius 2 is 1.56 bits per heavy atom. The van der Waals surface area contributed by atoms with Gasteiger partial charge < -0.3 is 16.2 Å². The van der Waals surface area contributed by atoms with Crippen molar-refractivity contribution in [2.75, 3.05) is 5.32 Å². The molecule has 6 N–H and O–H groups in total. The number of hydrogen-bond donors (Lipinski definition) is 5. The van der Waals surface area contributed by atoms with E-state index in [1.54, 1.807) is 0 Å². The second kappa shape index (κ2) is 14.1. The number of anilines is 2. The third-order valence-corrected chi connectivity index (χ3v) is 7.04. The number of aromatic hydroxyl groups is 1. The van der Waals surface area contributed by atoms with Gasteiger partial charge in [-0.1, -0.05) is 0 Å². The summed E-state index contributed by atoms with van der Waals surface area (Å²) in [6, 6.07) is 1.04. The van der Waals surface area contributed by atoms with Gasteiger partial charge in [0.2, 0.25) is 22.4 Å². The minimum atomic E-state index is -5.22. The van der Waals surface area contributed by atoms with E-state index in [0.717, 1.165) is 4.57 Å². The van der Waals surface area contributed by atoms with Gasteiger partial charge in [-0.2, -0.15) is 31.8 Å². The first kappa shape index (κ1) is 37.3. The molecule has 2 heterocycles. The number of nitrogens with two attached hydrogens (primary N) is 1. The Hall–Kier alpha value is -1.75. The quantitative estimate of drug-likeness (QED) is 0.0874.